The fraction of sp³-hybridized carbons (Fsp3) is 0.545. The number of halogens is 1. The lowest BCUT2D eigenvalue weighted by Crippen LogP contribution is -2.24. The number of hydrogen-bond acceptors (Lipinski definition) is 3. The zero-order valence-electron chi connectivity index (χ0n) is 9.42. The lowest BCUT2D eigenvalue weighted by atomic mass is 10.0. The van der Waals surface area contributed by atoms with Crippen molar-refractivity contribution >= 4 is 27.4 Å². The van der Waals surface area contributed by atoms with Crippen molar-refractivity contribution in [1.82, 2.24) is 4.98 Å². The summed E-state index contributed by atoms with van der Waals surface area (Å²) in [6.07, 6.45) is 2.82. The van der Waals surface area contributed by atoms with Gasteiger partial charge < -0.3 is 11.1 Å². The second-order valence-corrected chi connectivity index (χ2v) is 4.77. The fourth-order valence-electron chi connectivity index (χ4n) is 1.27. The van der Waals surface area contributed by atoms with E-state index in [1.807, 2.05) is 6.07 Å². The van der Waals surface area contributed by atoms with Crippen molar-refractivity contribution in [2.24, 2.45) is 5.92 Å². The molecule has 0 aliphatic rings. The molecule has 0 aromatic carbocycles. The summed E-state index contributed by atoms with van der Waals surface area (Å²) in [7, 11) is 0. The number of nitrogens with one attached hydrogen (secondary N) is 1. The predicted molar refractivity (Wildman–Crippen MR) is 68.9 cm³/mol. The molecule has 0 aliphatic heterocycles. The van der Waals surface area contributed by atoms with Gasteiger partial charge in [0.25, 0.3) is 0 Å². The van der Waals surface area contributed by atoms with E-state index >= 15 is 0 Å². The van der Waals surface area contributed by atoms with E-state index in [2.05, 4.69) is 47.0 Å². The van der Waals surface area contributed by atoms with Crippen molar-refractivity contribution in [3.05, 3.63) is 16.7 Å². The van der Waals surface area contributed by atoms with E-state index in [-0.39, 0.29) is 0 Å². The first kappa shape index (κ1) is 12.3. The van der Waals surface area contributed by atoms with Crippen molar-refractivity contribution in [3.8, 4) is 0 Å². The molecule has 84 valence electrons. The van der Waals surface area contributed by atoms with Crippen LogP contribution in [0.2, 0.25) is 0 Å². The number of anilines is 2. The molecule has 15 heavy (non-hydrogen) atoms. The lowest BCUT2D eigenvalue weighted by molar-refractivity contribution is 0.493. The van der Waals surface area contributed by atoms with Crippen LogP contribution in [0.15, 0.2) is 16.7 Å². The van der Waals surface area contributed by atoms with Gasteiger partial charge in [-0.15, -0.1) is 0 Å². The number of hydrogen-bond donors (Lipinski definition) is 2. The summed E-state index contributed by atoms with van der Waals surface area (Å²) in [5.41, 5.74) is 6.29. The molecule has 3 N–H and O–H groups in total. The second kappa shape index (κ2) is 5.35. The number of nitrogens with two attached hydrogens (primary N) is 1. The fourth-order valence-corrected chi connectivity index (χ4v) is 1.75. The average Bonchev–Trinajstić information content (AvgIpc) is 2.20. The zero-order chi connectivity index (χ0) is 11.4. The summed E-state index contributed by atoms with van der Waals surface area (Å²) in [6, 6.07) is 2.26. The highest BCUT2D eigenvalue weighted by Crippen LogP contribution is 2.23. The zero-order valence-corrected chi connectivity index (χ0v) is 11.0. The van der Waals surface area contributed by atoms with Crippen LogP contribution in [0.25, 0.3) is 0 Å². The molecule has 2 atom stereocenters. The van der Waals surface area contributed by atoms with Crippen molar-refractivity contribution in [1.29, 1.82) is 0 Å². The van der Waals surface area contributed by atoms with Gasteiger partial charge in [-0.2, -0.15) is 0 Å². The molecule has 0 saturated heterocycles. The molecule has 4 heteroatoms. The van der Waals surface area contributed by atoms with Gasteiger partial charge in [0.1, 0.15) is 5.82 Å². The van der Waals surface area contributed by atoms with Crippen LogP contribution in [0.3, 0.4) is 0 Å². The minimum atomic E-state index is 0.405. The van der Waals surface area contributed by atoms with Crippen molar-refractivity contribution in [2.45, 2.75) is 33.2 Å². The molecule has 0 bridgehead atoms. The molecule has 0 saturated carbocycles. The van der Waals surface area contributed by atoms with Crippen LogP contribution >= 0.6 is 15.9 Å². The van der Waals surface area contributed by atoms with E-state index in [1.54, 1.807) is 6.20 Å². The summed E-state index contributed by atoms with van der Waals surface area (Å²) in [4.78, 5) is 4.25. The second-order valence-electron chi connectivity index (χ2n) is 3.92. The number of nitrogens with zero attached hydrogens (tertiary/aromatic N) is 1. The molecule has 1 aromatic rings. The normalized spacial score (nSPS) is 14.7. The maximum absolute atomic E-state index is 5.62. The van der Waals surface area contributed by atoms with Crippen LogP contribution in [-0.2, 0) is 0 Å². The SMILES string of the molecule is CCC(C)C(C)Nc1ncc(N)cc1Br. The van der Waals surface area contributed by atoms with Crippen LogP contribution in [0.1, 0.15) is 27.2 Å². The first-order valence-corrected chi connectivity index (χ1v) is 6.01. The first-order valence-electron chi connectivity index (χ1n) is 5.22. The smallest absolute Gasteiger partial charge is 0.140 e. The van der Waals surface area contributed by atoms with Gasteiger partial charge in [-0.05, 0) is 34.8 Å². The highest BCUT2D eigenvalue weighted by Gasteiger charge is 2.11. The van der Waals surface area contributed by atoms with Crippen molar-refractivity contribution in [2.75, 3.05) is 11.1 Å². The highest BCUT2D eigenvalue weighted by molar-refractivity contribution is 9.10. The van der Waals surface area contributed by atoms with E-state index in [9.17, 15) is 0 Å². The van der Waals surface area contributed by atoms with Gasteiger partial charge in [0, 0.05) is 6.04 Å². The Morgan fingerprint density at radius 2 is 2.20 bits per heavy atom. The van der Waals surface area contributed by atoms with E-state index in [0.717, 1.165) is 16.7 Å². The van der Waals surface area contributed by atoms with E-state index in [4.69, 9.17) is 5.73 Å². The number of pyridine rings is 1. The van der Waals surface area contributed by atoms with Gasteiger partial charge in [0.2, 0.25) is 0 Å². The molecule has 1 heterocycles. The monoisotopic (exact) mass is 271 g/mol. The van der Waals surface area contributed by atoms with E-state index in [1.165, 1.54) is 0 Å². The number of aromatic nitrogens is 1. The van der Waals surface area contributed by atoms with E-state index < -0.39 is 0 Å². The van der Waals surface area contributed by atoms with Gasteiger partial charge in [0.15, 0.2) is 0 Å². The Morgan fingerprint density at radius 1 is 1.53 bits per heavy atom. The summed E-state index contributed by atoms with van der Waals surface area (Å²) in [6.45, 7) is 6.58. The quantitative estimate of drug-likeness (QED) is 0.884. The Hall–Kier alpha value is -0.770. The van der Waals surface area contributed by atoms with Gasteiger partial charge in [-0.1, -0.05) is 20.3 Å². The molecule has 1 aromatic heterocycles. The molecule has 0 amide bonds. The summed E-state index contributed by atoms with van der Waals surface area (Å²) < 4.78 is 0.914. The van der Waals surface area contributed by atoms with E-state index in [0.29, 0.717) is 17.6 Å². The molecular formula is C11H18BrN3. The third-order valence-corrected chi connectivity index (χ3v) is 3.33. The van der Waals surface area contributed by atoms with Crippen LogP contribution in [0.5, 0.6) is 0 Å². The van der Waals surface area contributed by atoms with Gasteiger partial charge >= 0.3 is 0 Å². The average molecular weight is 272 g/mol. The maximum atomic E-state index is 5.62. The van der Waals surface area contributed by atoms with Crippen LogP contribution in [0.4, 0.5) is 11.5 Å². The predicted octanol–water partition coefficient (Wildman–Crippen LogP) is 3.27. The number of rotatable bonds is 4. The third kappa shape index (κ3) is 3.38. The summed E-state index contributed by atoms with van der Waals surface area (Å²) in [5.74, 6) is 1.48. The van der Waals surface area contributed by atoms with Gasteiger partial charge in [-0.25, -0.2) is 4.98 Å². The van der Waals surface area contributed by atoms with Crippen LogP contribution in [0, 0.1) is 5.92 Å². The molecule has 0 spiro atoms. The Morgan fingerprint density at radius 3 is 2.73 bits per heavy atom. The molecule has 1 rings (SSSR count). The van der Waals surface area contributed by atoms with Gasteiger partial charge in [0.05, 0.1) is 16.4 Å². The van der Waals surface area contributed by atoms with Crippen LogP contribution < -0.4 is 11.1 Å². The minimum Gasteiger partial charge on any atom is -0.397 e. The van der Waals surface area contributed by atoms with Gasteiger partial charge in [-0.3, -0.25) is 0 Å². The Kier molecular flexibility index (Phi) is 4.39. The molecule has 0 aliphatic carbocycles. The Bertz CT molecular complexity index is 328. The maximum Gasteiger partial charge on any atom is 0.140 e. The Labute approximate surface area is 99.6 Å². The largest absolute Gasteiger partial charge is 0.397 e. The third-order valence-electron chi connectivity index (χ3n) is 2.72. The molecule has 2 unspecified atom stereocenters. The standard InChI is InChI=1S/C11H18BrN3/c1-4-7(2)8(3)15-11-10(12)5-9(13)6-14-11/h5-8H,4,13H2,1-3H3,(H,14,15). The minimum absolute atomic E-state index is 0.405. The summed E-state index contributed by atoms with van der Waals surface area (Å²) in [5, 5.41) is 3.37. The summed E-state index contributed by atoms with van der Waals surface area (Å²) >= 11 is 3.44. The number of nitrogen functional groups attached to an aromatic ring is 1. The highest BCUT2D eigenvalue weighted by atomic mass is 79.9. The molecule has 0 fully saturated rings. The molecule has 3 nitrogen and oxygen atoms in total. The molecule has 0 radical (unpaired) electrons. The van der Waals surface area contributed by atoms with Crippen molar-refractivity contribution in [3.63, 3.8) is 0 Å². The van der Waals surface area contributed by atoms with Crippen LogP contribution in [-0.4, -0.2) is 11.0 Å². The first-order chi connectivity index (χ1) is 7.04. The lowest BCUT2D eigenvalue weighted by Gasteiger charge is -2.21. The van der Waals surface area contributed by atoms with Crippen molar-refractivity contribution < 1.29 is 0 Å². The topological polar surface area (TPSA) is 50.9 Å². The Balaban J connectivity index is 2.72. The molecular weight excluding hydrogens is 254 g/mol.